The van der Waals surface area contributed by atoms with Gasteiger partial charge in [0.15, 0.2) is 0 Å². The van der Waals surface area contributed by atoms with Crippen molar-refractivity contribution in [2.45, 2.75) is 13.0 Å². The fourth-order valence-corrected chi connectivity index (χ4v) is 2.77. The van der Waals surface area contributed by atoms with Crippen molar-refractivity contribution in [2.24, 2.45) is 0 Å². The molecule has 0 bridgehead atoms. The second-order valence-electron chi connectivity index (χ2n) is 5.21. The van der Waals surface area contributed by atoms with Crippen LogP contribution in [0.2, 0.25) is 0 Å². The molecule has 8 heteroatoms. The van der Waals surface area contributed by atoms with Crippen molar-refractivity contribution in [3.05, 3.63) is 30.6 Å². The number of imidazole rings is 1. The van der Waals surface area contributed by atoms with Gasteiger partial charge in [0, 0.05) is 20.6 Å². The Labute approximate surface area is 130 Å². The van der Waals surface area contributed by atoms with Gasteiger partial charge in [-0.1, -0.05) is 12.1 Å². The first kappa shape index (κ1) is 16.4. The lowest BCUT2D eigenvalue weighted by Gasteiger charge is -2.15. The van der Waals surface area contributed by atoms with E-state index < -0.39 is 16.1 Å². The molecule has 0 aliphatic rings. The summed E-state index contributed by atoms with van der Waals surface area (Å²) in [6.07, 6.45) is 1.62. The third-order valence-corrected chi connectivity index (χ3v) is 5.33. The third-order valence-electron chi connectivity index (χ3n) is 3.49. The molecule has 0 aliphatic carbocycles. The smallest absolute Gasteiger partial charge is 0.242 e. The minimum absolute atomic E-state index is 0.0797. The van der Waals surface area contributed by atoms with E-state index in [-0.39, 0.29) is 18.2 Å². The Morgan fingerprint density at radius 1 is 1.36 bits per heavy atom. The van der Waals surface area contributed by atoms with E-state index in [1.807, 2.05) is 24.3 Å². The second-order valence-corrected chi connectivity index (χ2v) is 7.51. The second kappa shape index (κ2) is 6.45. The first-order valence-electron chi connectivity index (χ1n) is 6.92. The lowest BCUT2D eigenvalue weighted by Crippen LogP contribution is -2.36. The predicted octanol–water partition coefficient (Wildman–Crippen LogP) is 0.605. The van der Waals surface area contributed by atoms with Gasteiger partial charge in [0.05, 0.1) is 23.1 Å². The average Bonchev–Trinajstić information content (AvgIpc) is 2.89. The van der Waals surface area contributed by atoms with E-state index in [0.29, 0.717) is 0 Å². The number of hydrogen-bond acceptors (Lipinski definition) is 4. The van der Waals surface area contributed by atoms with Crippen molar-refractivity contribution in [3.63, 3.8) is 0 Å². The summed E-state index contributed by atoms with van der Waals surface area (Å²) in [6.45, 7) is 1.83. The number of benzene rings is 1. The number of hydrogen-bond donors (Lipinski definition) is 1. The van der Waals surface area contributed by atoms with E-state index in [1.54, 1.807) is 17.8 Å². The van der Waals surface area contributed by atoms with E-state index in [4.69, 9.17) is 0 Å². The summed E-state index contributed by atoms with van der Waals surface area (Å²) in [7, 11) is -0.369. The molecule has 1 amide bonds. The van der Waals surface area contributed by atoms with Gasteiger partial charge in [0.1, 0.15) is 6.04 Å². The first-order chi connectivity index (χ1) is 10.3. The highest BCUT2D eigenvalue weighted by Gasteiger charge is 2.18. The summed E-state index contributed by atoms with van der Waals surface area (Å²) in [4.78, 5) is 16.4. The van der Waals surface area contributed by atoms with Crippen LogP contribution in [0.5, 0.6) is 0 Å². The zero-order valence-corrected chi connectivity index (χ0v) is 13.7. The lowest BCUT2D eigenvalue weighted by atomic mass is 10.2. The molecule has 1 aromatic heterocycles. The number of aromatic nitrogens is 2. The van der Waals surface area contributed by atoms with Crippen LogP contribution in [0.3, 0.4) is 0 Å². The molecule has 0 spiro atoms. The Morgan fingerprint density at radius 2 is 2.05 bits per heavy atom. The Hall–Kier alpha value is -1.93. The van der Waals surface area contributed by atoms with Gasteiger partial charge in [-0.2, -0.15) is 0 Å². The maximum Gasteiger partial charge on any atom is 0.242 e. The molecule has 120 valence electrons. The number of amides is 1. The van der Waals surface area contributed by atoms with Gasteiger partial charge in [0.2, 0.25) is 15.9 Å². The topological polar surface area (TPSA) is 84.3 Å². The number of rotatable bonds is 6. The fraction of sp³-hybridized carbons (Fsp3) is 0.429. The number of sulfonamides is 1. The van der Waals surface area contributed by atoms with Gasteiger partial charge in [-0.15, -0.1) is 0 Å². The van der Waals surface area contributed by atoms with E-state index in [1.165, 1.54) is 14.1 Å². The molecule has 1 atom stereocenters. The molecule has 22 heavy (non-hydrogen) atoms. The fourth-order valence-electron chi connectivity index (χ4n) is 2.05. The van der Waals surface area contributed by atoms with Crippen LogP contribution in [-0.4, -0.2) is 54.6 Å². The molecule has 1 heterocycles. The Balaban J connectivity index is 2.01. The Morgan fingerprint density at radius 3 is 2.73 bits per heavy atom. The number of carbonyl (C=O) groups is 1. The van der Waals surface area contributed by atoms with Crippen LogP contribution in [0.4, 0.5) is 0 Å². The van der Waals surface area contributed by atoms with Crippen LogP contribution in [0, 0.1) is 0 Å². The SMILES string of the molecule is C[C@@H](C(=O)NCCS(=O)(=O)N(C)C)n1cnc2ccccc21. The van der Waals surface area contributed by atoms with Gasteiger partial charge >= 0.3 is 0 Å². The van der Waals surface area contributed by atoms with E-state index in [9.17, 15) is 13.2 Å². The van der Waals surface area contributed by atoms with Gasteiger partial charge in [-0.25, -0.2) is 17.7 Å². The average molecular weight is 324 g/mol. The maximum atomic E-state index is 12.2. The first-order valence-corrected chi connectivity index (χ1v) is 8.53. The van der Waals surface area contributed by atoms with E-state index in [2.05, 4.69) is 10.3 Å². The van der Waals surface area contributed by atoms with Gasteiger partial charge in [-0.3, -0.25) is 4.79 Å². The number of para-hydroxylation sites is 2. The molecule has 0 aliphatic heterocycles. The summed E-state index contributed by atoms with van der Waals surface area (Å²) in [6, 6.07) is 7.07. The van der Waals surface area contributed by atoms with Gasteiger partial charge in [-0.05, 0) is 19.1 Å². The summed E-state index contributed by atoms with van der Waals surface area (Å²) in [5.74, 6) is -0.361. The molecule has 0 fully saturated rings. The zero-order valence-electron chi connectivity index (χ0n) is 12.9. The van der Waals surface area contributed by atoms with Crippen molar-refractivity contribution in [2.75, 3.05) is 26.4 Å². The summed E-state index contributed by atoms with van der Waals surface area (Å²) < 4.78 is 26.2. The molecule has 0 unspecified atom stereocenters. The molecular formula is C14H20N4O3S. The lowest BCUT2D eigenvalue weighted by molar-refractivity contribution is -0.123. The molecule has 1 aromatic carbocycles. The third kappa shape index (κ3) is 3.45. The van der Waals surface area contributed by atoms with Crippen LogP contribution in [0.1, 0.15) is 13.0 Å². The molecule has 2 aromatic rings. The van der Waals surface area contributed by atoms with Crippen molar-refractivity contribution in [1.82, 2.24) is 19.2 Å². The van der Waals surface area contributed by atoms with Crippen LogP contribution >= 0.6 is 0 Å². The minimum Gasteiger partial charge on any atom is -0.353 e. The highest BCUT2D eigenvalue weighted by molar-refractivity contribution is 7.89. The van der Waals surface area contributed by atoms with Gasteiger partial charge in [0.25, 0.3) is 0 Å². The number of nitrogens with zero attached hydrogens (tertiary/aromatic N) is 3. The number of carbonyl (C=O) groups excluding carboxylic acids is 1. The largest absolute Gasteiger partial charge is 0.353 e. The molecule has 1 N–H and O–H groups in total. The van der Waals surface area contributed by atoms with Crippen molar-refractivity contribution in [3.8, 4) is 0 Å². The molecule has 0 radical (unpaired) electrons. The Kier molecular flexibility index (Phi) is 4.82. The van der Waals surface area contributed by atoms with E-state index >= 15 is 0 Å². The molecule has 7 nitrogen and oxygen atoms in total. The Bertz CT molecular complexity index is 767. The van der Waals surface area contributed by atoms with Crippen LogP contribution in [-0.2, 0) is 14.8 Å². The van der Waals surface area contributed by atoms with Crippen LogP contribution in [0.25, 0.3) is 11.0 Å². The van der Waals surface area contributed by atoms with Crippen LogP contribution in [0.15, 0.2) is 30.6 Å². The normalized spacial score (nSPS) is 13.5. The summed E-state index contributed by atoms with van der Waals surface area (Å²) in [5.41, 5.74) is 1.68. The molecule has 0 saturated carbocycles. The van der Waals surface area contributed by atoms with Crippen molar-refractivity contribution < 1.29 is 13.2 Å². The highest BCUT2D eigenvalue weighted by atomic mass is 32.2. The number of nitrogens with one attached hydrogen (secondary N) is 1. The van der Waals surface area contributed by atoms with Gasteiger partial charge < -0.3 is 9.88 Å². The monoisotopic (exact) mass is 324 g/mol. The molecule has 2 rings (SSSR count). The minimum atomic E-state index is -3.31. The van der Waals surface area contributed by atoms with Crippen molar-refractivity contribution >= 4 is 27.0 Å². The quantitative estimate of drug-likeness (QED) is 0.843. The van der Waals surface area contributed by atoms with Crippen molar-refractivity contribution in [1.29, 1.82) is 0 Å². The van der Waals surface area contributed by atoms with E-state index in [0.717, 1.165) is 15.3 Å². The maximum absolute atomic E-state index is 12.2. The van der Waals surface area contributed by atoms with Crippen LogP contribution < -0.4 is 5.32 Å². The predicted molar refractivity (Wildman–Crippen MR) is 84.9 cm³/mol. The number of fused-ring (bicyclic) bond motifs is 1. The summed E-state index contributed by atoms with van der Waals surface area (Å²) in [5, 5.41) is 2.65. The molecular weight excluding hydrogens is 304 g/mol. The standard InChI is InChI=1S/C14H20N4O3S/c1-11(14(19)15-8-9-22(20,21)17(2)3)18-10-16-12-6-4-5-7-13(12)18/h4-7,10-11H,8-9H2,1-3H3,(H,15,19)/t11-/m0/s1. The zero-order chi connectivity index (χ0) is 16.3. The molecule has 0 saturated heterocycles. The summed E-state index contributed by atoms with van der Waals surface area (Å²) >= 11 is 0. The highest BCUT2D eigenvalue weighted by Crippen LogP contribution is 2.17.